The third-order valence-electron chi connectivity index (χ3n) is 0.913. The molecule has 0 aromatic carbocycles. The van der Waals surface area contributed by atoms with E-state index in [2.05, 4.69) is 0 Å². The van der Waals surface area contributed by atoms with Gasteiger partial charge in [0.15, 0.2) is 0 Å². The summed E-state index contributed by atoms with van der Waals surface area (Å²) in [7, 11) is 0. The molecule has 0 aliphatic rings. The van der Waals surface area contributed by atoms with Crippen LogP contribution in [0.1, 0.15) is 20.8 Å². The molecule has 0 bridgehead atoms. The average Bonchev–Trinajstić information content (AvgIpc) is 1.64. The number of hydrogen-bond acceptors (Lipinski definition) is 1. The van der Waals surface area contributed by atoms with Crippen molar-refractivity contribution in [2.45, 2.75) is 20.8 Å². The Hall–Kier alpha value is 0.0723. The first-order valence-electron chi connectivity index (χ1n) is 2.69. The van der Waals surface area contributed by atoms with Gasteiger partial charge in [-0.25, -0.2) is 0 Å². The zero-order valence-electron chi connectivity index (χ0n) is 5.94. The van der Waals surface area contributed by atoms with Gasteiger partial charge in [0.1, 0.15) is 0 Å². The maximum atomic E-state index is 10.7. The van der Waals surface area contributed by atoms with Crippen molar-refractivity contribution in [3.63, 3.8) is 0 Å². The molecule has 0 rings (SSSR count). The number of rotatable bonds is 2. The zero-order chi connectivity index (χ0) is 6.73. The van der Waals surface area contributed by atoms with Gasteiger partial charge in [0.25, 0.3) is 0 Å². The van der Waals surface area contributed by atoms with Crippen LogP contribution in [0, 0.1) is 12.5 Å². The van der Waals surface area contributed by atoms with E-state index < -0.39 is 0 Å². The summed E-state index contributed by atoms with van der Waals surface area (Å²) in [6, 6.07) is 0. The second-order valence-electron chi connectivity index (χ2n) is 2.20. The molecule has 0 amide bonds. The Labute approximate surface area is 70.2 Å². The molecule has 0 saturated heterocycles. The first-order chi connectivity index (χ1) is 3.55. The van der Waals surface area contributed by atoms with Gasteiger partial charge in [-0.15, -0.1) is 0 Å². The van der Waals surface area contributed by atoms with Crippen LogP contribution in [-0.2, 0) is 25.2 Å². The van der Waals surface area contributed by atoms with Crippen molar-refractivity contribution in [2.75, 3.05) is 0 Å². The van der Waals surface area contributed by atoms with Crippen molar-refractivity contribution < 1.29 is 25.2 Å². The minimum atomic E-state index is 0. The monoisotopic (exact) mass is 298 g/mol. The largest absolute Gasteiger partial charge is 0.406 e. The molecule has 1 nitrogen and oxygen atoms in total. The molecule has 0 aromatic rings. The summed E-state index contributed by atoms with van der Waals surface area (Å²) in [5, 5.41) is 0. The summed E-state index contributed by atoms with van der Waals surface area (Å²) in [6.07, 6.45) is 0. The van der Waals surface area contributed by atoms with Gasteiger partial charge in [-0.3, -0.25) is 6.58 Å². The summed E-state index contributed by atoms with van der Waals surface area (Å²) in [4.78, 5) is 10.7. The summed E-state index contributed by atoms with van der Waals surface area (Å²) >= 11 is 0. The summed E-state index contributed by atoms with van der Waals surface area (Å²) in [5.41, 5.74) is 0.403. The van der Waals surface area contributed by atoms with Crippen LogP contribution in [0.2, 0.25) is 0 Å². The van der Waals surface area contributed by atoms with Crippen LogP contribution in [0.15, 0.2) is 5.57 Å². The molecular weight excluding hydrogens is 286 g/mol. The van der Waals surface area contributed by atoms with E-state index in [9.17, 15) is 4.79 Å². The number of carbonyl (C=O) groups excluding carboxylic acids is 1. The van der Waals surface area contributed by atoms with Crippen LogP contribution >= 0.6 is 0 Å². The smallest absolute Gasteiger partial charge is 0.00559 e. The Morgan fingerprint density at radius 2 is 1.78 bits per heavy atom. The van der Waals surface area contributed by atoms with Crippen molar-refractivity contribution in [1.29, 1.82) is 0 Å². The standard InChI is InChI=1S/C7H11O.Re/c1-5(2)7(8)6(3)4;/h1,6H,2-4H3;/q-1;. The van der Waals surface area contributed by atoms with E-state index in [1.807, 2.05) is 13.8 Å². The third-order valence-corrected chi connectivity index (χ3v) is 0.913. The molecule has 0 saturated carbocycles. The van der Waals surface area contributed by atoms with Crippen molar-refractivity contribution in [3.05, 3.63) is 12.2 Å². The predicted molar refractivity (Wildman–Crippen MR) is 33.3 cm³/mol. The van der Waals surface area contributed by atoms with Crippen molar-refractivity contribution in [3.8, 4) is 0 Å². The molecule has 0 atom stereocenters. The molecule has 0 aromatic heterocycles. The van der Waals surface area contributed by atoms with Crippen LogP contribution in [0.5, 0.6) is 0 Å². The van der Waals surface area contributed by atoms with Gasteiger partial charge < -0.3 is 4.79 Å². The van der Waals surface area contributed by atoms with Gasteiger partial charge in [-0.2, -0.15) is 5.57 Å². The molecule has 9 heavy (non-hydrogen) atoms. The molecule has 2 heteroatoms. The van der Waals surface area contributed by atoms with Gasteiger partial charge in [-0.05, 0) is 0 Å². The van der Waals surface area contributed by atoms with E-state index in [0.29, 0.717) is 5.57 Å². The minimum absolute atomic E-state index is 0. The molecule has 0 unspecified atom stereocenters. The molecule has 0 spiro atoms. The van der Waals surface area contributed by atoms with Crippen LogP contribution < -0.4 is 0 Å². The Kier molecular flexibility index (Phi) is 6.44. The fourth-order valence-electron chi connectivity index (χ4n) is 0.455. The second-order valence-corrected chi connectivity index (χ2v) is 2.20. The van der Waals surface area contributed by atoms with Crippen LogP contribution in [-0.4, -0.2) is 5.78 Å². The fourth-order valence-corrected chi connectivity index (χ4v) is 0.455. The van der Waals surface area contributed by atoms with Crippen molar-refractivity contribution >= 4 is 5.78 Å². The molecule has 53 valence electrons. The number of Topliss-reactive ketones (excluding diaryl/α,β-unsaturated/α-hetero) is 1. The first-order valence-corrected chi connectivity index (χ1v) is 2.69. The number of hydrogen-bond donors (Lipinski definition) is 0. The zero-order valence-corrected chi connectivity index (χ0v) is 8.66. The summed E-state index contributed by atoms with van der Waals surface area (Å²) < 4.78 is 0. The predicted octanol–water partition coefficient (Wildman–Crippen LogP) is 1.59. The quantitative estimate of drug-likeness (QED) is 0.559. The molecule has 0 fully saturated rings. The van der Waals surface area contributed by atoms with E-state index in [1.54, 1.807) is 6.92 Å². The van der Waals surface area contributed by atoms with Gasteiger partial charge >= 0.3 is 0 Å². The Bertz CT molecular complexity index is 116. The van der Waals surface area contributed by atoms with E-state index in [0.717, 1.165) is 0 Å². The van der Waals surface area contributed by atoms with E-state index in [1.165, 1.54) is 0 Å². The van der Waals surface area contributed by atoms with E-state index in [-0.39, 0.29) is 32.1 Å². The maximum absolute atomic E-state index is 10.7. The average molecular weight is 297 g/mol. The molecule has 1 radical (unpaired) electrons. The van der Waals surface area contributed by atoms with Gasteiger partial charge in [0.2, 0.25) is 0 Å². The molecule has 0 aliphatic heterocycles. The number of allylic oxidation sites excluding steroid dienone is 1. The van der Waals surface area contributed by atoms with Crippen molar-refractivity contribution in [1.82, 2.24) is 0 Å². The fraction of sp³-hybridized carbons (Fsp3) is 0.571. The SMILES string of the molecule is [CH-]=C(C)C(=O)C(C)C.[Re]. The number of carbonyl (C=O) groups is 1. The third kappa shape index (κ3) is 4.57. The Balaban J connectivity index is 0. The molecular formula is C7H11ORe-. The first kappa shape index (κ1) is 11.8. The van der Waals surface area contributed by atoms with Crippen LogP contribution in [0.4, 0.5) is 0 Å². The summed E-state index contributed by atoms with van der Waals surface area (Å²) in [5.74, 6) is 0.0880. The van der Waals surface area contributed by atoms with Crippen LogP contribution in [0.25, 0.3) is 0 Å². The Morgan fingerprint density at radius 3 is 1.78 bits per heavy atom. The topological polar surface area (TPSA) is 17.1 Å². The van der Waals surface area contributed by atoms with Crippen LogP contribution in [0.3, 0.4) is 0 Å². The van der Waals surface area contributed by atoms with Gasteiger partial charge in [-0.1, -0.05) is 26.7 Å². The maximum Gasteiger partial charge on any atom is 0.00559 e. The normalized spacial score (nSPS) is 8.44. The summed E-state index contributed by atoms with van der Waals surface area (Å²) in [6.45, 7) is 10.5. The van der Waals surface area contributed by atoms with E-state index >= 15 is 0 Å². The Morgan fingerprint density at radius 1 is 1.44 bits per heavy atom. The van der Waals surface area contributed by atoms with E-state index in [4.69, 9.17) is 6.58 Å². The molecule has 0 aliphatic carbocycles. The molecule has 0 N–H and O–H groups in total. The van der Waals surface area contributed by atoms with Crippen molar-refractivity contribution in [2.24, 2.45) is 5.92 Å². The molecule has 0 heterocycles. The van der Waals surface area contributed by atoms with Gasteiger partial charge in [0, 0.05) is 26.2 Å². The minimum Gasteiger partial charge on any atom is -0.406 e. The van der Waals surface area contributed by atoms with Gasteiger partial charge in [0.05, 0.1) is 0 Å². The second kappa shape index (κ2) is 4.91. The number of ketones is 1.